The predicted octanol–water partition coefficient (Wildman–Crippen LogP) is 5.13. The van der Waals surface area contributed by atoms with Gasteiger partial charge in [0, 0.05) is 28.9 Å². The second kappa shape index (κ2) is 8.64. The number of amides is 2. The number of carbonyl (C=O) groups excluding carboxylic acids is 2. The molecule has 2 N–H and O–H groups in total. The lowest BCUT2D eigenvalue weighted by Gasteiger charge is -2.03. The van der Waals surface area contributed by atoms with E-state index in [0.717, 1.165) is 32.5 Å². The van der Waals surface area contributed by atoms with Crippen molar-refractivity contribution in [2.75, 3.05) is 10.6 Å². The van der Waals surface area contributed by atoms with Gasteiger partial charge in [-0.25, -0.2) is 9.97 Å². The molecule has 0 unspecified atom stereocenters. The highest BCUT2D eigenvalue weighted by Crippen LogP contribution is 2.29. The first-order chi connectivity index (χ1) is 14.1. The Morgan fingerprint density at radius 1 is 0.966 bits per heavy atom. The van der Waals surface area contributed by atoms with Crippen LogP contribution < -0.4 is 10.6 Å². The van der Waals surface area contributed by atoms with Gasteiger partial charge in [0.25, 0.3) is 0 Å². The first-order valence-corrected chi connectivity index (χ1v) is 11.3. The molecule has 0 aliphatic heterocycles. The number of nitrogens with one attached hydrogen (secondary N) is 2. The Hall–Kier alpha value is -2.88. The van der Waals surface area contributed by atoms with Crippen molar-refractivity contribution in [1.29, 1.82) is 0 Å². The van der Waals surface area contributed by atoms with Crippen LogP contribution in [0.15, 0.2) is 52.5 Å². The van der Waals surface area contributed by atoms with Crippen LogP contribution in [0.5, 0.6) is 0 Å². The number of benzene rings is 1. The van der Waals surface area contributed by atoms with Gasteiger partial charge in [-0.1, -0.05) is 18.2 Å². The number of rotatable bonds is 6. The molecule has 0 atom stereocenters. The summed E-state index contributed by atoms with van der Waals surface area (Å²) in [5.74, 6) is -0.256. The number of thiophene rings is 1. The van der Waals surface area contributed by atoms with Crippen molar-refractivity contribution >= 4 is 56.6 Å². The Morgan fingerprint density at radius 3 is 2.52 bits per heavy atom. The Balaban J connectivity index is 1.37. The Morgan fingerprint density at radius 2 is 1.79 bits per heavy atom. The van der Waals surface area contributed by atoms with Gasteiger partial charge in [-0.3, -0.25) is 9.59 Å². The third kappa shape index (κ3) is 4.94. The second-order valence-electron chi connectivity index (χ2n) is 6.14. The summed E-state index contributed by atoms with van der Waals surface area (Å²) in [6, 6.07) is 11.4. The number of hydrogen-bond acceptors (Lipinski definition) is 7. The number of nitrogens with zero attached hydrogens (tertiary/aromatic N) is 2. The third-order valence-electron chi connectivity index (χ3n) is 3.88. The van der Waals surface area contributed by atoms with Gasteiger partial charge in [0.05, 0.1) is 22.7 Å². The van der Waals surface area contributed by atoms with Gasteiger partial charge in [-0.05, 0) is 23.6 Å². The van der Waals surface area contributed by atoms with Crippen molar-refractivity contribution in [3.63, 3.8) is 0 Å². The van der Waals surface area contributed by atoms with E-state index in [-0.39, 0.29) is 18.2 Å². The zero-order valence-electron chi connectivity index (χ0n) is 15.3. The number of anilines is 2. The van der Waals surface area contributed by atoms with E-state index in [0.29, 0.717) is 5.13 Å². The summed E-state index contributed by atoms with van der Waals surface area (Å²) < 4.78 is 0. The quantitative estimate of drug-likeness (QED) is 0.435. The molecule has 0 aliphatic rings. The van der Waals surface area contributed by atoms with Crippen LogP contribution in [0, 0.1) is 0 Å². The number of carbonyl (C=O) groups is 2. The minimum Gasteiger partial charge on any atom is -0.326 e. The van der Waals surface area contributed by atoms with E-state index in [1.165, 1.54) is 18.3 Å². The standard InChI is InChI=1S/C20H16N4O2S3/c1-12(25)21-14-6-4-13(5-7-14)16-11-29-20(23-16)24-18(26)9-15-10-28-19(22-15)17-3-2-8-27-17/h2-8,10-11H,9H2,1H3,(H,21,25)(H,23,24,26). The molecule has 146 valence electrons. The number of aromatic nitrogens is 2. The first kappa shape index (κ1) is 19.4. The molecule has 3 aromatic heterocycles. The highest BCUT2D eigenvalue weighted by atomic mass is 32.1. The van der Waals surface area contributed by atoms with Crippen molar-refractivity contribution in [3.8, 4) is 21.1 Å². The molecule has 0 bridgehead atoms. The lowest BCUT2D eigenvalue weighted by Crippen LogP contribution is -2.14. The van der Waals surface area contributed by atoms with Crippen LogP contribution in [0.25, 0.3) is 21.1 Å². The van der Waals surface area contributed by atoms with Gasteiger partial charge in [-0.2, -0.15) is 0 Å². The Bertz CT molecular complexity index is 1130. The molecular weight excluding hydrogens is 424 g/mol. The fourth-order valence-corrected chi connectivity index (χ4v) is 4.99. The van der Waals surface area contributed by atoms with Crippen LogP contribution in [-0.4, -0.2) is 21.8 Å². The minimum absolute atomic E-state index is 0.112. The van der Waals surface area contributed by atoms with Crippen molar-refractivity contribution in [1.82, 2.24) is 9.97 Å². The van der Waals surface area contributed by atoms with Gasteiger partial charge in [-0.15, -0.1) is 34.0 Å². The second-order valence-corrected chi connectivity index (χ2v) is 8.81. The largest absolute Gasteiger partial charge is 0.326 e. The zero-order valence-corrected chi connectivity index (χ0v) is 17.8. The highest BCUT2D eigenvalue weighted by Gasteiger charge is 2.12. The van der Waals surface area contributed by atoms with E-state index in [1.807, 2.05) is 52.5 Å². The van der Waals surface area contributed by atoms with Gasteiger partial charge in [0.1, 0.15) is 5.01 Å². The van der Waals surface area contributed by atoms with E-state index in [9.17, 15) is 9.59 Å². The normalized spacial score (nSPS) is 10.7. The summed E-state index contributed by atoms with van der Waals surface area (Å²) in [5.41, 5.74) is 3.17. The predicted molar refractivity (Wildman–Crippen MR) is 120 cm³/mol. The van der Waals surface area contributed by atoms with Crippen molar-refractivity contribution < 1.29 is 9.59 Å². The smallest absolute Gasteiger partial charge is 0.232 e. The summed E-state index contributed by atoms with van der Waals surface area (Å²) in [6.07, 6.45) is 0.211. The Kier molecular flexibility index (Phi) is 5.79. The topological polar surface area (TPSA) is 84.0 Å². The minimum atomic E-state index is -0.144. The molecule has 29 heavy (non-hydrogen) atoms. The molecule has 0 radical (unpaired) electrons. The SMILES string of the molecule is CC(=O)Nc1ccc(-c2csc(NC(=O)Cc3csc(-c4cccs4)n3)n2)cc1. The van der Waals surface area contributed by atoms with Crippen molar-refractivity contribution in [2.24, 2.45) is 0 Å². The van der Waals surface area contributed by atoms with Crippen LogP contribution in [0.4, 0.5) is 10.8 Å². The molecule has 6 nitrogen and oxygen atoms in total. The molecular formula is C20H16N4O2S3. The van der Waals surface area contributed by atoms with E-state index in [4.69, 9.17) is 0 Å². The monoisotopic (exact) mass is 440 g/mol. The molecule has 4 rings (SSSR count). The average Bonchev–Trinajstić information content (AvgIpc) is 3.43. The van der Waals surface area contributed by atoms with Crippen LogP contribution in [0.1, 0.15) is 12.6 Å². The lowest BCUT2D eigenvalue weighted by atomic mass is 10.1. The molecule has 0 spiro atoms. The Labute approximate surface area is 179 Å². The number of hydrogen-bond donors (Lipinski definition) is 2. The van der Waals surface area contributed by atoms with E-state index >= 15 is 0 Å². The van der Waals surface area contributed by atoms with Gasteiger partial charge in [0.15, 0.2) is 5.13 Å². The van der Waals surface area contributed by atoms with Gasteiger partial charge in [0.2, 0.25) is 11.8 Å². The lowest BCUT2D eigenvalue weighted by molar-refractivity contribution is -0.116. The van der Waals surface area contributed by atoms with Gasteiger partial charge < -0.3 is 10.6 Å². The summed E-state index contributed by atoms with van der Waals surface area (Å²) >= 11 is 4.55. The van der Waals surface area contributed by atoms with Crippen LogP contribution in [0.3, 0.4) is 0 Å². The summed E-state index contributed by atoms with van der Waals surface area (Å²) in [5, 5.41) is 12.9. The van der Waals surface area contributed by atoms with Gasteiger partial charge >= 0.3 is 0 Å². The molecule has 4 aromatic rings. The molecule has 0 saturated heterocycles. The van der Waals surface area contributed by atoms with E-state index in [2.05, 4.69) is 20.6 Å². The molecule has 9 heteroatoms. The van der Waals surface area contributed by atoms with Crippen LogP contribution in [-0.2, 0) is 16.0 Å². The number of thiazole rings is 2. The molecule has 3 heterocycles. The highest BCUT2D eigenvalue weighted by molar-refractivity contribution is 7.20. The molecule has 1 aromatic carbocycles. The van der Waals surface area contributed by atoms with Crippen molar-refractivity contribution in [3.05, 3.63) is 58.2 Å². The first-order valence-electron chi connectivity index (χ1n) is 8.68. The summed E-state index contributed by atoms with van der Waals surface area (Å²) in [6.45, 7) is 1.47. The fourth-order valence-electron chi connectivity index (χ4n) is 2.62. The maximum atomic E-state index is 12.4. The van der Waals surface area contributed by atoms with Crippen LogP contribution >= 0.6 is 34.0 Å². The molecule has 0 fully saturated rings. The zero-order chi connectivity index (χ0) is 20.2. The maximum absolute atomic E-state index is 12.4. The molecule has 0 saturated carbocycles. The van der Waals surface area contributed by atoms with E-state index < -0.39 is 0 Å². The fraction of sp³-hybridized carbons (Fsp3) is 0.100. The third-order valence-corrected chi connectivity index (χ3v) is 6.56. The van der Waals surface area contributed by atoms with E-state index in [1.54, 1.807) is 22.7 Å². The molecule has 0 aliphatic carbocycles. The average molecular weight is 441 g/mol. The van der Waals surface area contributed by atoms with Crippen molar-refractivity contribution in [2.45, 2.75) is 13.3 Å². The van der Waals surface area contributed by atoms with Crippen LogP contribution in [0.2, 0.25) is 0 Å². The summed E-state index contributed by atoms with van der Waals surface area (Å²) in [7, 11) is 0. The molecule has 2 amide bonds. The maximum Gasteiger partial charge on any atom is 0.232 e. The summed E-state index contributed by atoms with van der Waals surface area (Å²) in [4.78, 5) is 33.6.